The Morgan fingerprint density at radius 3 is 2.62 bits per heavy atom. The quantitative estimate of drug-likeness (QED) is 0.704. The number of rotatable bonds is 4. The second-order valence-electron chi connectivity index (χ2n) is 5.60. The molecule has 2 aromatic carbocycles. The molecule has 3 aromatic rings. The Bertz CT molecular complexity index is 900. The Labute approximate surface area is 146 Å². The summed E-state index contributed by atoms with van der Waals surface area (Å²) in [6.45, 7) is 4.11. The van der Waals surface area contributed by atoms with Crippen LogP contribution in [0.3, 0.4) is 0 Å². The summed E-state index contributed by atoms with van der Waals surface area (Å²) in [6.07, 6.45) is 3.26. The second-order valence-corrected chi connectivity index (χ2v) is 6.00. The van der Waals surface area contributed by atoms with Crippen molar-refractivity contribution < 1.29 is 4.79 Å². The van der Waals surface area contributed by atoms with Crippen LogP contribution in [0, 0.1) is 0 Å². The molecule has 0 atom stereocenters. The number of carbonyl (C=O) groups is 1. The van der Waals surface area contributed by atoms with Gasteiger partial charge in [0.1, 0.15) is 0 Å². The Morgan fingerprint density at radius 1 is 1.08 bits per heavy atom. The van der Waals surface area contributed by atoms with E-state index in [0.717, 1.165) is 40.6 Å². The molecular formula is C20H19ClN2O. The maximum Gasteiger partial charge on any atom is 0.256 e. The van der Waals surface area contributed by atoms with E-state index >= 15 is 0 Å². The average Bonchev–Trinajstić information content (AvgIpc) is 2.61. The highest BCUT2D eigenvalue weighted by Crippen LogP contribution is 2.30. The molecule has 1 N–H and O–H groups in total. The molecular weight excluding hydrogens is 320 g/mol. The van der Waals surface area contributed by atoms with E-state index in [1.807, 2.05) is 43.3 Å². The van der Waals surface area contributed by atoms with Crippen LogP contribution in [0.1, 0.15) is 35.3 Å². The van der Waals surface area contributed by atoms with Gasteiger partial charge in [-0.3, -0.25) is 9.78 Å². The van der Waals surface area contributed by atoms with Gasteiger partial charge in [0.25, 0.3) is 5.91 Å². The Hall–Kier alpha value is -2.39. The molecule has 1 amide bonds. The number of fused-ring (bicyclic) bond motifs is 1. The molecule has 3 rings (SSSR count). The van der Waals surface area contributed by atoms with Gasteiger partial charge in [-0.15, -0.1) is 0 Å². The van der Waals surface area contributed by atoms with Crippen LogP contribution in [-0.2, 0) is 12.8 Å². The summed E-state index contributed by atoms with van der Waals surface area (Å²) >= 11 is 6.32. The van der Waals surface area contributed by atoms with Crippen molar-refractivity contribution in [3.8, 4) is 0 Å². The maximum atomic E-state index is 12.9. The summed E-state index contributed by atoms with van der Waals surface area (Å²) in [7, 11) is 0. The number of para-hydroxylation sites is 1. The second kappa shape index (κ2) is 7.02. The summed E-state index contributed by atoms with van der Waals surface area (Å²) in [5.41, 5.74) is 4.32. The Kier molecular flexibility index (Phi) is 4.81. The van der Waals surface area contributed by atoms with Crippen molar-refractivity contribution in [3.05, 3.63) is 70.4 Å². The molecule has 24 heavy (non-hydrogen) atoms. The molecule has 0 bridgehead atoms. The van der Waals surface area contributed by atoms with Gasteiger partial charge in [-0.2, -0.15) is 0 Å². The molecule has 0 unspecified atom stereocenters. The smallest absolute Gasteiger partial charge is 0.256 e. The fraction of sp³-hybridized carbons (Fsp3) is 0.200. The topological polar surface area (TPSA) is 42.0 Å². The first-order valence-electron chi connectivity index (χ1n) is 8.11. The molecule has 0 saturated heterocycles. The van der Waals surface area contributed by atoms with Crippen molar-refractivity contribution >= 4 is 34.1 Å². The summed E-state index contributed by atoms with van der Waals surface area (Å²) in [5.74, 6) is -0.139. The SMILES string of the molecule is CCc1ccc(Cl)c(CC)c1NC(=O)c1ccnc2ccccc12. The first-order chi connectivity index (χ1) is 11.7. The number of hydrogen-bond donors (Lipinski definition) is 1. The van der Waals surface area contributed by atoms with Gasteiger partial charge in [0.05, 0.1) is 11.1 Å². The van der Waals surface area contributed by atoms with E-state index < -0.39 is 0 Å². The van der Waals surface area contributed by atoms with Crippen molar-refractivity contribution in [3.63, 3.8) is 0 Å². The van der Waals surface area contributed by atoms with Crippen LogP contribution >= 0.6 is 11.6 Å². The molecule has 1 aromatic heterocycles. The molecule has 1 heterocycles. The van der Waals surface area contributed by atoms with Crippen molar-refractivity contribution in [1.29, 1.82) is 0 Å². The van der Waals surface area contributed by atoms with Gasteiger partial charge in [0, 0.05) is 22.3 Å². The third-order valence-corrected chi connectivity index (χ3v) is 4.56. The van der Waals surface area contributed by atoms with Gasteiger partial charge in [0.2, 0.25) is 0 Å². The predicted octanol–water partition coefficient (Wildman–Crippen LogP) is 5.27. The van der Waals surface area contributed by atoms with E-state index in [1.54, 1.807) is 12.3 Å². The van der Waals surface area contributed by atoms with Gasteiger partial charge in [-0.25, -0.2) is 0 Å². The lowest BCUT2D eigenvalue weighted by molar-refractivity contribution is 0.102. The minimum atomic E-state index is -0.139. The first-order valence-corrected chi connectivity index (χ1v) is 8.48. The lowest BCUT2D eigenvalue weighted by atomic mass is 10.0. The normalized spacial score (nSPS) is 10.8. The average molecular weight is 339 g/mol. The Balaban J connectivity index is 2.05. The zero-order chi connectivity index (χ0) is 17.1. The Morgan fingerprint density at radius 2 is 1.88 bits per heavy atom. The maximum absolute atomic E-state index is 12.9. The molecule has 3 nitrogen and oxygen atoms in total. The first kappa shape index (κ1) is 16.5. The molecule has 0 fully saturated rings. The third kappa shape index (κ3) is 3.00. The third-order valence-electron chi connectivity index (χ3n) is 4.21. The van der Waals surface area contributed by atoms with E-state index in [0.29, 0.717) is 10.6 Å². The summed E-state index contributed by atoms with van der Waals surface area (Å²) in [6, 6.07) is 13.3. The molecule has 0 aliphatic rings. The number of amides is 1. The minimum Gasteiger partial charge on any atom is -0.321 e. The van der Waals surface area contributed by atoms with E-state index in [1.165, 1.54) is 0 Å². The van der Waals surface area contributed by atoms with Crippen molar-refractivity contribution in [2.24, 2.45) is 0 Å². The number of benzene rings is 2. The number of halogens is 1. The number of aromatic nitrogens is 1. The minimum absolute atomic E-state index is 0.139. The summed E-state index contributed by atoms with van der Waals surface area (Å²) < 4.78 is 0. The molecule has 0 saturated carbocycles. The largest absolute Gasteiger partial charge is 0.321 e. The molecule has 0 spiro atoms. The molecule has 4 heteroatoms. The number of aryl methyl sites for hydroxylation is 1. The standard InChI is InChI=1S/C20H19ClN2O/c1-3-13-9-10-17(21)14(4-2)19(13)23-20(24)16-11-12-22-18-8-6-5-7-15(16)18/h5-12H,3-4H2,1-2H3,(H,23,24). The number of pyridine rings is 1. The summed E-state index contributed by atoms with van der Waals surface area (Å²) in [5, 5.41) is 4.61. The van der Waals surface area contributed by atoms with Crippen LogP contribution < -0.4 is 5.32 Å². The molecule has 0 radical (unpaired) electrons. The fourth-order valence-electron chi connectivity index (χ4n) is 2.94. The fourth-order valence-corrected chi connectivity index (χ4v) is 3.23. The highest BCUT2D eigenvalue weighted by molar-refractivity contribution is 6.32. The highest BCUT2D eigenvalue weighted by Gasteiger charge is 2.16. The number of nitrogens with one attached hydrogen (secondary N) is 1. The van der Waals surface area contributed by atoms with Gasteiger partial charge < -0.3 is 5.32 Å². The van der Waals surface area contributed by atoms with Crippen LogP contribution in [0.25, 0.3) is 10.9 Å². The zero-order valence-electron chi connectivity index (χ0n) is 13.8. The van der Waals surface area contributed by atoms with Gasteiger partial charge >= 0.3 is 0 Å². The van der Waals surface area contributed by atoms with Crippen molar-refractivity contribution in [2.45, 2.75) is 26.7 Å². The number of hydrogen-bond acceptors (Lipinski definition) is 2. The van der Waals surface area contributed by atoms with Gasteiger partial charge in [0.15, 0.2) is 0 Å². The van der Waals surface area contributed by atoms with E-state index in [9.17, 15) is 4.79 Å². The number of nitrogens with zero attached hydrogens (tertiary/aromatic N) is 1. The monoisotopic (exact) mass is 338 g/mol. The number of carbonyl (C=O) groups excluding carboxylic acids is 1. The molecule has 0 aliphatic carbocycles. The van der Waals surface area contributed by atoms with Crippen LogP contribution in [0.4, 0.5) is 5.69 Å². The molecule has 122 valence electrons. The van der Waals surface area contributed by atoms with E-state index in [-0.39, 0.29) is 5.91 Å². The van der Waals surface area contributed by atoms with Crippen LogP contribution in [0.15, 0.2) is 48.7 Å². The van der Waals surface area contributed by atoms with Crippen LogP contribution in [-0.4, -0.2) is 10.9 Å². The lowest BCUT2D eigenvalue weighted by Gasteiger charge is -2.16. The van der Waals surface area contributed by atoms with Crippen LogP contribution in [0.5, 0.6) is 0 Å². The van der Waals surface area contributed by atoms with Gasteiger partial charge in [-0.1, -0.05) is 49.7 Å². The van der Waals surface area contributed by atoms with Gasteiger partial charge in [-0.05, 0) is 42.2 Å². The van der Waals surface area contributed by atoms with Crippen molar-refractivity contribution in [2.75, 3.05) is 5.32 Å². The summed E-state index contributed by atoms with van der Waals surface area (Å²) in [4.78, 5) is 17.2. The zero-order valence-corrected chi connectivity index (χ0v) is 14.5. The van der Waals surface area contributed by atoms with E-state index in [4.69, 9.17) is 11.6 Å². The van der Waals surface area contributed by atoms with E-state index in [2.05, 4.69) is 17.2 Å². The number of anilines is 1. The lowest BCUT2D eigenvalue weighted by Crippen LogP contribution is -2.15. The predicted molar refractivity (Wildman–Crippen MR) is 99.9 cm³/mol. The highest BCUT2D eigenvalue weighted by atomic mass is 35.5. The van der Waals surface area contributed by atoms with Crippen molar-refractivity contribution in [1.82, 2.24) is 4.98 Å². The molecule has 0 aliphatic heterocycles. The van der Waals surface area contributed by atoms with Crippen LogP contribution in [0.2, 0.25) is 5.02 Å².